The van der Waals surface area contributed by atoms with Gasteiger partial charge in [0.2, 0.25) is 0 Å². The molecular formula is C64H109O11P. The number of phosphoric ester groups is 1. The number of aliphatic hydroxyl groups is 1. The minimum Gasteiger partial charge on any atom is -0.462 e. The number of carbonyl (C=O) groups is 3. The second kappa shape index (κ2) is 57.6. The molecule has 0 fully saturated rings. The van der Waals surface area contributed by atoms with Gasteiger partial charge in [-0.1, -0.05) is 234 Å². The lowest BCUT2D eigenvalue weighted by Crippen LogP contribution is -2.30. The Kier molecular flexibility index (Phi) is 54.8. The Morgan fingerprint density at radius 2 is 0.684 bits per heavy atom. The Hall–Kier alpha value is -3.60. The highest BCUT2D eigenvalue weighted by molar-refractivity contribution is 7.47. The first kappa shape index (κ1) is 72.4. The molecule has 76 heavy (non-hydrogen) atoms. The summed E-state index contributed by atoms with van der Waals surface area (Å²) in [5.74, 6) is -1.51. The number of hydrogen-bond acceptors (Lipinski definition) is 10. The predicted molar refractivity (Wildman–Crippen MR) is 316 cm³/mol. The van der Waals surface area contributed by atoms with E-state index in [9.17, 15) is 28.9 Å². The van der Waals surface area contributed by atoms with Gasteiger partial charge < -0.3 is 24.2 Å². The Morgan fingerprint density at radius 3 is 1.05 bits per heavy atom. The average molecular weight is 1090 g/mol. The highest BCUT2D eigenvalue weighted by Gasteiger charge is 2.28. The van der Waals surface area contributed by atoms with Gasteiger partial charge in [0, 0.05) is 19.3 Å². The van der Waals surface area contributed by atoms with Gasteiger partial charge in [-0.25, -0.2) is 4.57 Å². The highest BCUT2D eigenvalue weighted by Crippen LogP contribution is 2.43. The molecule has 12 heteroatoms. The van der Waals surface area contributed by atoms with Crippen molar-refractivity contribution in [1.29, 1.82) is 0 Å². The largest absolute Gasteiger partial charge is 0.472 e. The number of allylic oxidation sites excluding steroid dienone is 16. The minimum atomic E-state index is -4.77. The number of carbonyl (C=O) groups excluding carboxylic acids is 3. The SMILES string of the molecule is CC/C=C\C/C=C\C/C=C\C/C=C\CCCCCCC(=O)OC(CO)COP(=O)(O)OCC(COC(=O)CCCCCCCCCCCCCCCCC)OC(=O)CCCCCC/C=C\C/C=C\C/C=C\C/C=C\CC. The van der Waals surface area contributed by atoms with Crippen LogP contribution in [0.15, 0.2) is 97.2 Å². The van der Waals surface area contributed by atoms with Gasteiger partial charge in [-0.05, 0) is 96.3 Å². The molecule has 2 N–H and O–H groups in total. The van der Waals surface area contributed by atoms with Gasteiger partial charge in [0.15, 0.2) is 6.10 Å². The predicted octanol–water partition coefficient (Wildman–Crippen LogP) is 18.0. The smallest absolute Gasteiger partial charge is 0.462 e. The summed E-state index contributed by atoms with van der Waals surface area (Å²) < 4.78 is 39.6. The normalized spacial score (nSPS) is 14.0. The molecule has 0 heterocycles. The molecule has 0 amide bonds. The van der Waals surface area contributed by atoms with Crippen molar-refractivity contribution in [3.05, 3.63) is 97.2 Å². The highest BCUT2D eigenvalue weighted by atomic mass is 31.2. The standard InChI is InChI=1S/C64H109O11P/c1-4-7-10-13-16-19-22-25-28-30-33-36-39-42-45-48-51-54-63(67)74-60(56-65)58-72-76(69,70)73-59-61(57-71-62(66)53-50-47-44-41-38-35-32-27-24-21-18-15-12-9-6-3)75-64(68)55-52-49-46-43-40-37-34-31-29-26-23-20-17-14-11-8-5-2/h7-8,10-11,16-17,19-20,25-26,28-29,33-34,36-37,60-61,65H,4-6,9,12-15,18,21-24,27,30-32,35,38-59H2,1-3H3,(H,69,70)/b10-7-,11-8-,19-16-,20-17-,28-25-,29-26-,36-33-,37-34-. The second-order valence-electron chi connectivity index (χ2n) is 19.8. The van der Waals surface area contributed by atoms with Crippen LogP contribution in [-0.2, 0) is 42.2 Å². The maximum absolute atomic E-state index is 12.9. The summed E-state index contributed by atoms with van der Waals surface area (Å²) in [6, 6.07) is 0. The molecule has 0 aliphatic carbocycles. The number of unbranched alkanes of at least 4 members (excludes halogenated alkanes) is 22. The molecule has 0 saturated carbocycles. The van der Waals surface area contributed by atoms with Gasteiger partial charge in [-0.3, -0.25) is 23.4 Å². The first-order valence-electron chi connectivity index (χ1n) is 30.1. The Morgan fingerprint density at radius 1 is 0.382 bits per heavy atom. The fourth-order valence-corrected chi connectivity index (χ4v) is 8.77. The molecule has 0 radical (unpaired) electrons. The molecule has 0 spiro atoms. The zero-order valence-electron chi connectivity index (χ0n) is 48.2. The van der Waals surface area contributed by atoms with E-state index in [2.05, 4.69) is 118 Å². The number of phosphoric acid groups is 1. The van der Waals surface area contributed by atoms with Crippen LogP contribution in [0.4, 0.5) is 0 Å². The van der Waals surface area contributed by atoms with Crippen LogP contribution in [0, 0.1) is 0 Å². The van der Waals surface area contributed by atoms with E-state index in [-0.39, 0.29) is 25.9 Å². The molecule has 0 aromatic heterocycles. The molecular weight excluding hydrogens is 976 g/mol. The minimum absolute atomic E-state index is 0.135. The lowest BCUT2D eigenvalue weighted by molar-refractivity contribution is -0.161. The third kappa shape index (κ3) is 55.2. The van der Waals surface area contributed by atoms with Gasteiger partial charge in [-0.2, -0.15) is 0 Å². The summed E-state index contributed by atoms with van der Waals surface area (Å²) >= 11 is 0. The van der Waals surface area contributed by atoms with Crippen LogP contribution < -0.4 is 0 Å². The molecule has 436 valence electrons. The number of rotatable bonds is 55. The first-order chi connectivity index (χ1) is 37.2. The van der Waals surface area contributed by atoms with Crippen molar-refractivity contribution < 1.29 is 52.2 Å². The fraction of sp³-hybridized carbons (Fsp3) is 0.703. The molecule has 0 aliphatic rings. The average Bonchev–Trinajstić information content (AvgIpc) is 3.41. The third-order valence-corrected chi connectivity index (χ3v) is 13.5. The molecule has 3 atom stereocenters. The maximum Gasteiger partial charge on any atom is 0.472 e. The van der Waals surface area contributed by atoms with E-state index in [0.29, 0.717) is 19.3 Å². The van der Waals surface area contributed by atoms with Gasteiger partial charge in [0.1, 0.15) is 12.7 Å². The third-order valence-electron chi connectivity index (χ3n) is 12.5. The number of ether oxygens (including phenoxy) is 3. The van der Waals surface area contributed by atoms with Crippen LogP contribution in [0.2, 0.25) is 0 Å². The zero-order chi connectivity index (χ0) is 55.5. The zero-order valence-corrected chi connectivity index (χ0v) is 49.1. The van der Waals surface area contributed by atoms with E-state index in [1.54, 1.807) is 0 Å². The molecule has 0 aromatic rings. The number of hydrogen-bond donors (Lipinski definition) is 2. The first-order valence-corrected chi connectivity index (χ1v) is 31.6. The van der Waals surface area contributed by atoms with Gasteiger partial charge in [0.05, 0.1) is 19.8 Å². The summed E-state index contributed by atoms with van der Waals surface area (Å²) in [4.78, 5) is 48.6. The number of esters is 3. The van der Waals surface area contributed by atoms with Gasteiger partial charge in [-0.15, -0.1) is 0 Å². The van der Waals surface area contributed by atoms with Crippen molar-refractivity contribution in [3.63, 3.8) is 0 Å². The van der Waals surface area contributed by atoms with Gasteiger partial charge >= 0.3 is 25.7 Å². The van der Waals surface area contributed by atoms with Crippen LogP contribution in [0.25, 0.3) is 0 Å². The lowest BCUT2D eigenvalue weighted by Gasteiger charge is -2.21. The van der Waals surface area contributed by atoms with Crippen LogP contribution in [0.5, 0.6) is 0 Å². The summed E-state index contributed by atoms with van der Waals surface area (Å²) in [6.45, 7) is 4.38. The van der Waals surface area contributed by atoms with Crippen molar-refractivity contribution in [3.8, 4) is 0 Å². The maximum atomic E-state index is 12.9. The lowest BCUT2D eigenvalue weighted by atomic mass is 10.0. The second-order valence-corrected chi connectivity index (χ2v) is 21.2. The summed E-state index contributed by atoms with van der Waals surface area (Å²) in [6.07, 6.45) is 67.9. The molecule has 0 aliphatic heterocycles. The summed E-state index contributed by atoms with van der Waals surface area (Å²) in [5, 5.41) is 9.83. The topological polar surface area (TPSA) is 155 Å². The fourth-order valence-electron chi connectivity index (χ4n) is 7.99. The molecule has 0 bridgehead atoms. The van der Waals surface area contributed by atoms with Crippen molar-refractivity contribution in [1.82, 2.24) is 0 Å². The van der Waals surface area contributed by atoms with Crippen LogP contribution >= 0.6 is 7.82 Å². The van der Waals surface area contributed by atoms with E-state index < -0.39 is 57.8 Å². The summed E-state index contributed by atoms with van der Waals surface area (Å²) in [5.41, 5.74) is 0. The quantitative estimate of drug-likeness (QED) is 0.0197. The summed E-state index contributed by atoms with van der Waals surface area (Å²) in [7, 11) is -4.77. The molecule has 0 saturated heterocycles. The van der Waals surface area contributed by atoms with E-state index in [4.69, 9.17) is 23.3 Å². The van der Waals surface area contributed by atoms with Crippen LogP contribution in [0.3, 0.4) is 0 Å². The number of aliphatic hydroxyl groups excluding tert-OH is 1. The Bertz CT molecular complexity index is 1640. The van der Waals surface area contributed by atoms with Crippen LogP contribution in [-0.4, -0.2) is 66.5 Å². The Labute approximate surface area is 463 Å². The van der Waals surface area contributed by atoms with E-state index in [0.717, 1.165) is 122 Å². The van der Waals surface area contributed by atoms with Crippen molar-refractivity contribution in [2.45, 2.75) is 264 Å². The van der Waals surface area contributed by atoms with Crippen molar-refractivity contribution >= 4 is 25.7 Å². The molecule has 0 rings (SSSR count). The molecule has 3 unspecified atom stereocenters. The van der Waals surface area contributed by atoms with E-state index >= 15 is 0 Å². The Balaban J connectivity index is 4.77. The molecule has 0 aromatic carbocycles. The van der Waals surface area contributed by atoms with E-state index in [1.165, 1.54) is 70.6 Å². The monoisotopic (exact) mass is 1080 g/mol. The van der Waals surface area contributed by atoms with E-state index in [1.807, 2.05) is 0 Å². The molecule has 11 nitrogen and oxygen atoms in total. The van der Waals surface area contributed by atoms with Crippen molar-refractivity contribution in [2.24, 2.45) is 0 Å². The van der Waals surface area contributed by atoms with Crippen LogP contribution in [0.1, 0.15) is 252 Å². The van der Waals surface area contributed by atoms with Crippen molar-refractivity contribution in [2.75, 3.05) is 26.4 Å². The van der Waals surface area contributed by atoms with Gasteiger partial charge in [0.25, 0.3) is 0 Å².